The second-order valence-electron chi connectivity index (χ2n) is 3.81. The van der Waals surface area contributed by atoms with E-state index >= 15 is 0 Å². The number of ether oxygens (including phenoxy) is 1. The number of rotatable bonds is 6. The summed E-state index contributed by atoms with van der Waals surface area (Å²) in [4.78, 5) is 11.5. The normalized spacial score (nSPS) is 11.1. The van der Waals surface area contributed by atoms with Crippen LogP contribution in [0.3, 0.4) is 0 Å². The fourth-order valence-corrected chi connectivity index (χ4v) is 1.95. The first-order chi connectivity index (χ1) is 8.88. The smallest absolute Gasteiger partial charge is 0.238 e. The molecule has 7 nitrogen and oxygen atoms in total. The van der Waals surface area contributed by atoms with Crippen LogP contribution in [0.4, 0.5) is 5.69 Å². The number of anilines is 1. The molecule has 19 heavy (non-hydrogen) atoms. The highest BCUT2D eigenvalue weighted by Gasteiger charge is 2.13. The minimum atomic E-state index is -3.82. The minimum Gasteiger partial charge on any atom is -0.495 e. The molecular formula is C11H17N3O4S. The molecule has 0 atom stereocenters. The van der Waals surface area contributed by atoms with Gasteiger partial charge in [-0.25, -0.2) is 13.6 Å². The Bertz CT molecular complexity index is 557. The first kappa shape index (κ1) is 15.4. The van der Waals surface area contributed by atoms with Crippen LogP contribution in [0.2, 0.25) is 0 Å². The molecule has 8 heteroatoms. The van der Waals surface area contributed by atoms with E-state index in [0.717, 1.165) is 0 Å². The molecule has 0 aromatic heterocycles. The first-order valence-electron chi connectivity index (χ1n) is 5.53. The summed E-state index contributed by atoms with van der Waals surface area (Å²) in [6.45, 7) is 0.517. The number of carbonyl (C=O) groups is 1. The van der Waals surface area contributed by atoms with Crippen molar-refractivity contribution in [1.82, 2.24) is 5.32 Å². The highest BCUT2D eigenvalue weighted by Crippen LogP contribution is 2.27. The minimum absolute atomic E-state index is 0.0859. The van der Waals surface area contributed by atoms with Gasteiger partial charge in [0.15, 0.2) is 0 Å². The Labute approximate surface area is 112 Å². The first-order valence-corrected chi connectivity index (χ1v) is 7.08. The van der Waals surface area contributed by atoms with Crippen molar-refractivity contribution in [2.24, 2.45) is 5.14 Å². The van der Waals surface area contributed by atoms with E-state index < -0.39 is 10.0 Å². The Morgan fingerprint density at radius 1 is 1.42 bits per heavy atom. The molecule has 0 radical (unpaired) electrons. The molecular weight excluding hydrogens is 270 g/mol. The Kier molecular flexibility index (Phi) is 5.28. The Morgan fingerprint density at radius 3 is 2.63 bits per heavy atom. The molecule has 0 bridgehead atoms. The maximum atomic E-state index is 11.6. The predicted octanol–water partition coefficient (Wildman–Crippen LogP) is -0.109. The third-order valence-electron chi connectivity index (χ3n) is 2.38. The van der Waals surface area contributed by atoms with Gasteiger partial charge in [-0.05, 0) is 25.2 Å². The molecule has 1 aromatic carbocycles. The second kappa shape index (κ2) is 6.50. The third kappa shape index (κ3) is 4.51. The van der Waals surface area contributed by atoms with E-state index in [4.69, 9.17) is 9.88 Å². The SMILES string of the molecule is CNCCC(=O)Nc1cc(S(N)(=O)=O)ccc1OC. The van der Waals surface area contributed by atoms with E-state index in [1.807, 2.05) is 0 Å². The molecule has 0 unspecified atom stereocenters. The van der Waals surface area contributed by atoms with Crippen LogP contribution in [0.15, 0.2) is 23.1 Å². The molecule has 1 rings (SSSR count). The van der Waals surface area contributed by atoms with E-state index in [0.29, 0.717) is 12.3 Å². The van der Waals surface area contributed by atoms with Crippen LogP contribution in [0.25, 0.3) is 0 Å². The number of benzene rings is 1. The molecule has 0 spiro atoms. The largest absolute Gasteiger partial charge is 0.495 e. The summed E-state index contributed by atoms with van der Waals surface area (Å²) < 4.78 is 27.6. The zero-order valence-corrected chi connectivity index (χ0v) is 11.6. The van der Waals surface area contributed by atoms with Gasteiger partial charge in [-0.2, -0.15) is 0 Å². The van der Waals surface area contributed by atoms with E-state index in [1.165, 1.54) is 25.3 Å². The van der Waals surface area contributed by atoms with Gasteiger partial charge in [-0.3, -0.25) is 4.79 Å². The summed E-state index contributed by atoms with van der Waals surface area (Å²) in [6, 6.07) is 4.02. The van der Waals surface area contributed by atoms with Gasteiger partial charge in [0.1, 0.15) is 5.75 Å². The van der Waals surface area contributed by atoms with E-state index in [-0.39, 0.29) is 22.9 Å². The zero-order valence-electron chi connectivity index (χ0n) is 10.8. The number of methoxy groups -OCH3 is 1. The number of hydrogen-bond donors (Lipinski definition) is 3. The van der Waals surface area contributed by atoms with Gasteiger partial charge in [0.2, 0.25) is 15.9 Å². The van der Waals surface area contributed by atoms with Crippen LogP contribution in [0, 0.1) is 0 Å². The van der Waals surface area contributed by atoms with Crippen LogP contribution >= 0.6 is 0 Å². The number of nitrogens with two attached hydrogens (primary N) is 1. The molecule has 0 saturated heterocycles. The average Bonchev–Trinajstić information content (AvgIpc) is 2.35. The number of carbonyl (C=O) groups excluding carboxylic acids is 1. The fraction of sp³-hybridized carbons (Fsp3) is 0.364. The number of sulfonamides is 1. The number of nitrogens with one attached hydrogen (secondary N) is 2. The number of hydrogen-bond acceptors (Lipinski definition) is 5. The standard InChI is InChI=1S/C11H17N3O4S/c1-13-6-5-11(15)14-9-7-8(19(12,16)17)3-4-10(9)18-2/h3-4,7,13H,5-6H2,1-2H3,(H,14,15)(H2,12,16,17). The molecule has 0 fully saturated rings. The van der Waals surface area contributed by atoms with Crippen molar-refractivity contribution in [2.75, 3.05) is 26.0 Å². The predicted molar refractivity (Wildman–Crippen MR) is 71.5 cm³/mol. The van der Waals surface area contributed by atoms with Crippen molar-refractivity contribution in [3.63, 3.8) is 0 Å². The lowest BCUT2D eigenvalue weighted by Gasteiger charge is -2.11. The molecule has 0 saturated carbocycles. The number of primary sulfonamides is 1. The molecule has 0 aliphatic rings. The molecule has 0 heterocycles. The molecule has 4 N–H and O–H groups in total. The van der Waals surface area contributed by atoms with Crippen molar-refractivity contribution in [3.8, 4) is 5.75 Å². The lowest BCUT2D eigenvalue weighted by Crippen LogP contribution is -2.19. The molecule has 1 aromatic rings. The molecule has 1 amide bonds. The summed E-state index contributed by atoms with van der Waals surface area (Å²) in [7, 11) is -0.665. The van der Waals surface area contributed by atoms with Gasteiger partial charge in [-0.15, -0.1) is 0 Å². The monoisotopic (exact) mass is 287 g/mol. The van der Waals surface area contributed by atoms with Gasteiger partial charge >= 0.3 is 0 Å². The zero-order chi connectivity index (χ0) is 14.5. The van der Waals surface area contributed by atoms with Gasteiger partial charge < -0.3 is 15.4 Å². The van der Waals surface area contributed by atoms with E-state index in [1.54, 1.807) is 7.05 Å². The van der Waals surface area contributed by atoms with Crippen molar-refractivity contribution in [2.45, 2.75) is 11.3 Å². The summed E-state index contributed by atoms with van der Waals surface area (Å²) in [5.74, 6) is 0.115. The maximum absolute atomic E-state index is 11.6. The summed E-state index contributed by atoms with van der Waals surface area (Å²) >= 11 is 0. The van der Waals surface area contributed by atoms with Crippen LogP contribution in [0.1, 0.15) is 6.42 Å². The van der Waals surface area contributed by atoms with Gasteiger partial charge in [0.05, 0.1) is 17.7 Å². The second-order valence-corrected chi connectivity index (χ2v) is 5.37. The molecule has 0 aliphatic heterocycles. The topological polar surface area (TPSA) is 111 Å². The van der Waals surface area contributed by atoms with Crippen molar-refractivity contribution in [1.29, 1.82) is 0 Å². The lowest BCUT2D eigenvalue weighted by molar-refractivity contribution is -0.116. The molecule has 0 aliphatic carbocycles. The quantitative estimate of drug-likeness (QED) is 0.676. The Hall–Kier alpha value is -1.64. The van der Waals surface area contributed by atoms with Gasteiger partial charge in [0, 0.05) is 13.0 Å². The van der Waals surface area contributed by atoms with Crippen molar-refractivity contribution < 1.29 is 17.9 Å². The van der Waals surface area contributed by atoms with E-state index in [9.17, 15) is 13.2 Å². The third-order valence-corrected chi connectivity index (χ3v) is 3.29. The average molecular weight is 287 g/mol. The van der Waals surface area contributed by atoms with Crippen LogP contribution in [-0.2, 0) is 14.8 Å². The van der Waals surface area contributed by atoms with Gasteiger partial charge in [-0.1, -0.05) is 0 Å². The highest BCUT2D eigenvalue weighted by atomic mass is 32.2. The summed E-state index contributed by atoms with van der Waals surface area (Å²) in [5.41, 5.74) is 0.273. The van der Waals surface area contributed by atoms with Gasteiger partial charge in [0.25, 0.3) is 0 Å². The van der Waals surface area contributed by atoms with E-state index in [2.05, 4.69) is 10.6 Å². The van der Waals surface area contributed by atoms with Crippen LogP contribution < -0.4 is 20.5 Å². The Morgan fingerprint density at radius 2 is 2.11 bits per heavy atom. The van der Waals surface area contributed by atoms with Crippen molar-refractivity contribution in [3.05, 3.63) is 18.2 Å². The number of amides is 1. The van der Waals surface area contributed by atoms with Crippen molar-refractivity contribution >= 4 is 21.6 Å². The maximum Gasteiger partial charge on any atom is 0.238 e. The van der Waals surface area contributed by atoms with Crippen LogP contribution in [0.5, 0.6) is 5.75 Å². The summed E-state index contributed by atoms with van der Waals surface area (Å²) in [5, 5.41) is 10.5. The fourth-order valence-electron chi connectivity index (χ4n) is 1.41. The van der Waals surface area contributed by atoms with Crippen LogP contribution in [-0.4, -0.2) is 35.0 Å². The highest BCUT2D eigenvalue weighted by molar-refractivity contribution is 7.89. The Balaban J connectivity index is 3.00. The lowest BCUT2D eigenvalue weighted by atomic mass is 10.2. The summed E-state index contributed by atoms with van der Waals surface area (Å²) in [6.07, 6.45) is 0.263. The molecule has 106 valence electrons.